The minimum atomic E-state index is -0.678. The van der Waals surface area contributed by atoms with Gasteiger partial charge in [0.25, 0.3) is 5.91 Å². The van der Waals surface area contributed by atoms with Gasteiger partial charge in [0, 0.05) is 13.1 Å². The van der Waals surface area contributed by atoms with Gasteiger partial charge in [-0.15, -0.1) is 0 Å². The zero-order chi connectivity index (χ0) is 19.0. The second-order valence-electron chi connectivity index (χ2n) is 8.14. The summed E-state index contributed by atoms with van der Waals surface area (Å²) in [7, 11) is 0. The van der Waals surface area contributed by atoms with Crippen LogP contribution >= 0.6 is 11.6 Å². The zero-order valence-electron chi connectivity index (χ0n) is 15.8. The van der Waals surface area contributed by atoms with E-state index in [0.717, 1.165) is 51.6 Å². The molecular weight excluding hydrogens is 364 g/mol. The fourth-order valence-electron chi connectivity index (χ4n) is 4.68. The molecule has 1 unspecified atom stereocenters. The molecule has 3 aliphatic rings. The molecule has 2 aliphatic heterocycles. The highest BCUT2D eigenvalue weighted by atomic mass is 35.5. The standard InChI is InChI=1S/C21H27ClN2O3/c1-15-8-10-21(11-9-15)24(19(25)16-6-2-3-7-17(16)22)18(14-27-21)20(26)23-12-4-5-13-23/h2-3,6-7,15,18H,4-5,8-14H2,1H3. The molecular formula is C21H27ClN2O3. The van der Waals surface area contributed by atoms with Crippen LogP contribution in [-0.4, -0.2) is 53.1 Å². The van der Waals surface area contributed by atoms with E-state index in [4.69, 9.17) is 16.3 Å². The molecule has 1 spiro atoms. The Hall–Kier alpha value is -1.59. The highest BCUT2D eigenvalue weighted by molar-refractivity contribution is 6.33. The summed E-state index contributed by atoms with van der Waals surface area (Å²) in [6, 6.07) is 6.52. The quantitative estimate of drug-likeness (QED) is 0.773. The zero-order valence-corrected chi connectivity index (χ0v) is 16.6. The summed E-state index contributed by atoms with van der Waals surface area (Å²) in [6.45, 7) is 4.05. The van der Waals surface area contributed by atoms with Gasteiger partial charge in [-0.3, -0.25) is 14.5 Å². The maximum atomic E-state index is 13.5. The topological polar surface area (TPSA) is 49.9 Å². The number of halogens is 1. The van der Waals surface area contributed by atoms with Crippen LogP contribution in [-0.2, 0) is 9.53 Å². The first kappa shape index (κ1) is 18.8. The number of amides is 2. The molecule has 1 aliphatic carbocycles. The molecule has 4 rings (SSSR count). The minimum absolute atomic E-state index is 0.0170. The molecule has 6 heteroatoms. The van der Waals surface area contributed by atoms with E-state index in [1.54, 1.807) is 17.0 Å². The number of rotatable bonds is 2. The first-order valence-corrected chi connectivity index (χ1v) is 10.4. The number of hydrogen-bond acceptors (Lipinski definition) is 3. The smallest absolute Gasteiger partial charge is 0.258 e. The number of benzene rings is 1. The van der Waals surface area contributed by atoms with Gasteiger partial charge in [0.05, 0.1) is 17.2 Å². The molecule has 5 nitrogen and oxygen atoms in total. The predicted octanol–water partition coefficient (Wildman–Crippen LogP) is 3.71. The predicted molar refractivity (Wildman–Crippen MR) is 104 cm³/mol. The summed E-state index contributed by atoms with van der Waals surface area (Å²) >= 11 is 6.32. The van der Waals surface area contributed by atoms with Gasteiger partial charge < -0.3 is 9.64 Å². The molecule has 1 aromatic rings. The van der Waals surface area contributed by atoms with Gasteiger partial charge in [-0.05, 0) is 56.6 Å². The van der Waals surface area contributed by atoms with E-state index in [1.165, 1.54) is 0 Å². The van der Waals surface area contributed by atoms with Gasteiger partial charge in [-0.2, -0.15) is 0 Å². The van der Waals surface area contributed by atoms with Crippen LogP contribution in [0.25, 0.3) is 0 Å². The number of hydrogen-bond donors (Lipinski definition) is 0. The van der Waals surface area contributed by atoms with Crippen molar-refractivity contribution in [3.8, 4) is 0 Å². The lowest BCUT2D eigenvalue weighted by molar-refractivity contribution is -0.136. The number of nitrogens with zero attached hydrogens (tertiary/aromatic N) is 2. The van der Waals surface area contributed by atoms with Gasteiger partial charge in [0.15, 0.2) is 0 Å². The van der Waals surface area contributed by atoms with Crippen LogP contribution < -0.4 is 0 Å². The average molecular weight is 391 g/mol. The number of ether oxygens (including phenoxy) is 1. The van der Waals surface area contributed by atoms with E-state index in [2.05, 4.69) is 6.92 Å². The summed E-state index contributed by atoms with van der Waals surface area (Å²) in [4.78, 5) is 30.3. The van der Waals surface area contributed by atoms with Crippen molar-refractivity contribution in [2.24, 2.45) is 5.92 Å². The second kappa shape index (κ2) is 7.44. The first-order valence-electron chi connectivity index (χ1n) is 10.0. The lowest BCUT2D eigenvalue weighted by Gasteiger charge is -2.43. The summed E-state index contributed by atoms with van der Waals surface area (Å²) in [5, 5.41) is 0.418. The largest absolute Gasteiger partial charge is 0.353 e. The fourth-order valence-corrected chi connectivity index (χ4v) is 4.90. The molecule has 1 atom stereocenters. The normalized spacial score (nSPS) is 30.9. The molecule has 0 aromatic heterocycles. The number of likely N-dealkylation sites (tertiary alicyclic amines) is 1. The van der Waals surface area contributed by atoms with Crippen LogP contribution in [0.1, 0.15) is 55.8 Å². The van der Waals surface area contributed by atoms with Gasteiger partial charge in [-0.1, -0.05) is 30.7 Å². The number of carbonyl (C=O) groups is 2. The van der Waals surface area contributed by atoms with Crippen LogP contribution in [0.15, 0.2) is 24.3 Å². The first-order chi connectivity index (χ1) is 13.0. The van der Waals surface area contributed by atoms with E-state index >= 15 is 0 Å². The van der Waals surface area contributed by atoms with Crippen molar-refractivity contribution in [2.45, 2.75) is 57.2 Å². The monoisotopic (exact) mass is 390 g/mol. The van der Waals surface area contributed by atoms with E-state index in [1.807, 2.05) is 17.0 Å². The van der Waals surface area contributed by atoms with Crippen molar-refractivity contribution in [3.05, 3.63) is 34.9 Å². The maximum Gasteiger partial charge on any atom is 0.258 e. The Morgan fingerprint density at radius 3 is 2.48 bits per heavy atom. The maximum absolute atomic E-state index is 13.5. The third kappa shape index (κ3) is 3.36. The third-order valence-corrected chi connectivity index (χ3v) is 6.67. The van der Waals surface area contributed by atoms with Crippen LogP contribution in [0, 0.1) is 5.92 Å². The molecule has 1 aromatic carbocycles. The van der Waals surface area contributed by atoms with Gasteiger partial charge in [0.1, 0.15) is 11.8 Å². The van der Waals surface area contributed by atoms with E-state index < -0.39 is 11.8 Å². The van der Waals surface area contributed by atoms with Crippen molar-refractivity contribution in [1.82, 2.24) is 9.80 Å². The van der Waals surface area contributed by atoms with E-state index in [9.17, 15) is 9.59 Å². The molecule has 0 radical (unpaired) electrons. The summed E-state index contributed by atoms with van der Waals surface area (Å²) < 4.78 is 6.23. The highest BCUT2D eigenvalue weighted by Crippen LogP contribution is 2.43. The fraction of sp³-hybridized carbons (Fsp3) is 0.619. The highest BCUT2D eigenvalue weighted by Gasteiger charge is 2.54. The van der Waals surface area contributed by atoms with Crippen LogP contribution in [0.3, 0.4) is 0 Å². The Morgan fingerprint density at radius 1 is 1.15 bits per heavy atom. The summed E-state index contributed by atoms with van der Waals surface area (Å²) in [6.07, 6.45) is 5.59. The molecule has 1 saturated carbocycles. The van der Waals surface area contributed by atoms with Crippen LogP contribution in [0.2, 0.25) is 5.02 Å². The third-order valence-electron chi connectivity index (χ3n) is 6.34. The van der Waals surface area contributed by atoms with E-state index in [-0.39, 0.29) is 18.4 Å². The molecule has 0 bridgehead atoms. The summed E-state index contributed by atoms with van der Waals surface area (Å²) in [5.74, 6) is 0.443. The minimum Gasteiger partial charge on any atom is -0.353 e. The molecule has 27 heavy (non-hydrogen) atoms. The Labute approximate surface area is 165 Å². The average Bonchev–Trinajstić information content (AvgIpc) is 3.32. The molecule has 0 N–H and O–H groups in total. The Balaban J connectivity index is 1.68. The lowest BCUT2D eigenvalue weighted by Crippen LogP contribution is -2.57. The lowest BCUT2D eigenvalue weighted by atomic mass is 9.83. The van der Waals surface area contributed by atoms with Gasteiger partial charge in [-0.25, -0.2) is 0 Å². The van der Waals surface area contributed by atoms with Crippen molar-refractivity contribution in [2.75, 3.05) is 19.7 Å². The van der Waals surface area contributed by atoms with Gasteiger partial charge >= 0.3 is 0 Å². The molecule has 2 amide bonds. The second-order valence-corrected chi connectivity index (χ2v) is 8.55. The van der Waals surface area contributed by atoms with Gasteiger partial charge in [0.2, 0.25) is 5.91 Å². The molecule has 2 heterocycles. The van der Waals surface area contributed by atoms with Crippen molar-refractivity contribution < 1.29 is 14.3 Å². The number of carbonyl (C=O) groups excluding carboxylic acids is 2. The van der Waals surface area contributed by atoms with Crippen molar-refractivity contribution in [3.63, 3.8) is 0 Å². The SMILES string of the molecule is CC1CCC2(CC1)OCC(C(=O)N1CCCC1)N2C(=O)c1ccccc1Cl. The molecule has 2 saturated heterocycles. The van der Waals surface area contributed by atoms with Crippen molar-refractivity contribution >= 4 is 23.4 Å². The summed E-state index contributed by atoms with van der Waals surface area (Å²) in [5.41, 5.74) is -0.232. The molecule has 146 valence electrons. The Bertz CT molecular complexity index is 724. The van der Waals surface area contributed by atoms with Crippen LogP contribution in [0.4, 0.5) is 0 Å². The van der Waals surface area contributed by atoms with Crippen molar-refractivity contribution in [1.29, 1.82) is 0 Å². The van der Waals surface area contributed by atoms with Crippen LogP contribution in [0.5, 0.6) is 0 Å². The Kier molecular flexibility index (Phi) is 5.17. The molecule has 3 fully saturated rings. The Morgan fingerprint density at radius 2 is 1.81 bits per heavy atom. The van der Waals surface area contributed by atoms with E-state index in [0.29, 0.717) is 16.5 Å².